The van der Waals surface area contributed by atoms with Crippen LogP contribution in [-0.2, 0) is 6.54 Å². The Morgan fingerprint density at radius 1 is 1.33 bits per heavy atom. The van der Waals surface area contributed by atoms with Gasteiger partial charge in [0, 0.05) is 12.2 Å². The molecule has 0 saturated carbocycles. The Labute approximate surface area is 122 Å². The largest absolute Gasteiger partial charge is 0.496 e. The molecule has 1 amide bonds. The zero-order valence-electron chi connectivity index (χ0n) is 11.9. The second-order valence-corrected chi connectivity index (χ2v) is 4.62. The minimum Gasteiger partial charge on any atom is -0.496 e. The first kappa shape index (κ1) is 15.0. The fourth-order valence-electron chi connectivity index (χ4n) is 2.01. The highest BCUT2D eigenvalue weighted by atomic mass is 19.1. The lowest BCUT2D eigenvalue weighted by Crippen LogP contribution is -2.16. The van der Waals surface area contributed by atoms with Gasteiger partial charge < -0.3 is 15.8 Å². The van der Waals surface area contributed by atoms with Gasteiger partial charge in [-0.25, -0.2) is 4.39 Å². The maximum absolute atomic E-state index is 13.9. The molecule has 21 heavy (non-hydrogen) atoms. The molecule has 0 aliphatic rings. The molecule has 0 aliphatic carbocycles. The minimum absolute atomic E-state index is 0.113. The van der Waals surface area contributed by atoms with Gasteiger partial charge in [-0.15, -0.1) is 0 Å². The van der Waals surface area contributed by atoms with Crippen LogP contribution in [0.2, 0.25) is 0 Å². The number of benzene rings is 2. The molecule has 2 aromatic carbocycles. The molecule has 2 rings (SSSR count). The predicted octanol–water partition coefficient (Wildman–Crippen LogP) is 2.85. The van der Waals surface area contributed by atoms with Crippen molar-refractivity contribution in [2.45, 2.75) is 13.5 Å². The summed E-state index contributed by atoms with van der Waals surface area (Å²) in [6.07, 6.45) is 0. The smallest absolute Gasteiger partial charge is 0.262 e. The monoisotopic (exact) mass is 288 g/mol. The Morgan fingerprint density at radius 2 is 2.10 bits per heavy atom. The van der Waals surface area contributed by atoms with Crippen molar-refractivity contribution in [3.05, 3.63) is 58.9 Å². The number of nitrogens with two attached hydrogens (primary N) is 1. The average molecular weight is 288 g/mol. The maximum atomic E-state index is 13.9. The zero-order chi connectivity index (χ0) is 15.4. The van der Waals surface area contributed by atoms with E-state index in [-0.39, 0.29) is 11.3 Å². The highest BCUT2D eigenvalue weighted by Crippen LogP contribution is 2.24. The number of amides is 1. The Bertz CT molecular complexity index is 671. The van der Waals surface area contributed by atoms with Crippen LogP contribution in [0.4, 0.5) is 10.1 Å². The van der Waals surface area contributed by atoms with Crippen molar-refractivity contribution in [1.82, 2.24) is 0 Å². The summed E-state index contributed by atoms with van der Waals surface area (Å²) in [6, 6.07) is 9.78. The Balaban J connectivity index is 2.35. The van der Waals surface area contributed by atoms with E-state index in [1.54, 1.807) is 12.1 Å². The second-order valence-electron chi connectivity index (χ2n) is 4.62. The van der Waals surface area contributed by atoms with Crippen LogP contribution in [0.25, 0.3) is 0 Å². The number of rotatable bonds is 4. The van der Waals surface area contributed by atoms with Crippen molar-refractivity contribution in [1.29, 1.82) is 0 Å². The quantitative estimate of drug-likeness (QED) is 0.909. The first-order valence-electron chi connectivity index (χ1n) is 6.50. The third-order valence-corrected chi connectivity index (χ3v) is 3.21. The fraction of sp³-hybridized carbons (Fsp3) is 0.188. The lowest BCUT2D eigenvalue weighted by Gasteiger charge is -2.12. The molecule has 0 spiro atoms. The second kappa shape index (κ2) is 6.37. The number of ether oxygens (including phenoxy) is 1. The first-order valence-corrected chi connectivity index (χ1v) is 6.50. The number of aryl methyl sites for hydroxylation is 1. The van der Waals surface area contributed by atoms with Gasteiger partial charge in [0.1, 0.15) is 17.1 Å². The summed E-state index contributed by atoms with van der Waals surface area (Å²) in [5.74, 6) is -0.984. The van der Waals surface area contributed by atoms with Crippen LogP contribution in [0.1, 0.15) is 21.5 Å². The molecule has 0 heterocycles. The number of methoxy groups -OCH3 is 1. The summed E-state index contributed by atoms with van der Waals surface area (Å²) in [6.45, 7) is 2.22. The van der Waals surface area contributed by atoms with E-state index in [4.69, 9.17) is 10.5 Å². The zero-order valence-corrected chi connectivity index (χ0v) is 11.9. The van der Waals surface area contributed by atoms with Crippen LogP contribution in [0, 0.1) is 12.7 Å². The summed E-state index contributed by atoms with van der Waals surface area (Å²) in [7, 11) is 1.39. The molecule has 3 N–H and O–H groups in total. The van der Waals surface area contributed by atoms with Crippen molar-refractivity contribution in [2.24, 2.45) is 5.73 Å². The van der Waals surface area contributed by atoms with Gasteiger partial charge in [-0.3, -0.25) is 4.79 Å². The van der Waals surface area contributed by atoms with E-state index in [1.807, 2.05) is 19.1 Å². The Kier molecular flexibility index (Phi) is 4.55. The van der Waals surface area contributed by atoms with Crippen molar-refractivity contribution in [2.75, 3.05) is 12.4 Å². The molecular weight excluding hydrogens is 271 g/mol. The third-order valence-electron chi connectivity index (χ3n) is 3.21. The highest BCUT2D eigenvalue weighted by Gasteiger charge is 2.18. The van der Waals surface area contributed by atoms with Crippen LogP contribution in [0.3, 0.4) is 0 Å². The summed E-state index contributed by atoms with van der Waals surface area (Å²) in [4.78, 5) is 12.3. The fourth-order valence-corrected chi connectivity index (χ4v) is 2.01. The normalized spacial score (nSPS) is 10.3. The van der Waals surface area contributed by atoms with Crippen molar-refractivity contribution < 1.29 is 13.9 Å². The van der Waals surface area contributed by atoms with Gasteiger partial charge in [0.15, 0.2) is 0 Å². The summed E-state index contributed by atoms with van der Waals surface area (Å²) in [5.41, 5.74) is 7.84. The summed E-state index contributed by atoms with van der Waals surface area (Å²) in [5, 5.41) is 2.70. The highest BCUT2D eigenvalue weighted by molar-refractivity contribution is 6.06. The molecule has 0 aliphatic heterocycles. The van der Waals surface area contributed by atoms with Gasteiger partial charge in [-0.05, 0) is 36.2 Å². The molecule has 110 valence electrons. The Hall–Kier alpha value is -2.40. The van der Waals surface area contributed by atoms with Crippen LogP contribution in [0.5, 0.6) is 5.75 Å². The number of hydrogen-bond donors (Lipinski definition) is 2. The van der Waals surface area contributed by atoms with Gasteiger partial charge in [-0.1, -0.05) is 18.2 Å². The van der Waals surface area contributed by atoms with Crippen LogP contribution in [-0.4, -0.2) is 13.0 Å². The van der Waals surface area contributed by atoms with Crippen molar-refractivity contribution >= 4 is 11.6 Å². The molecule has 2 aromatic rings. The lowest BCUT2D eigenvalue weighted by molar-refractivity contribution is 0.102. The third kappa shape index (κ3) is 3.20. The van der Waals surface area contributed by atoms with E-state index in [0.717, 1.165) is 11.1 Å². The molecule has 0 saturated heterocycles. The van der Waals surface area contributed by atoms with E-state index >= 15 is 0 Å². The number of carbonyl (C=O) groups is 1. The molecule has 0 radical (unpaired) electrons. The van der Waals surface area contributed by atoms with E-state index in [1.165, 1.54) is 19.2 Å². The van der Waals surface area contributed by atoms with Crippen LogP contribution in [0.15, 0.2) is 36.4 Å². The molecule has 0 unspecified atom stereocenters. The number of nitrogens with one attached hydrogen (secondary N) is 1. The molecule has 0 atom stereocenters. The standard InChI is InChI=1S/C16H17FN2O2/c1-10-6-7-11(9-18)8-13(10)19-16(20)15-12(17)4-3-5-14(15)21-2/h3-8H,9,18H2,1-2H3,(H,19,20). The Morgan fingerprint density at radius 3 is 2.76 bits per heavy atom. The molecule has 0 fully saturated rings. The molecule has 4 nitrogen and oxygen atoms in total. The average Bonchev–Trinajstić information content (AvgIpc) is 2.48. The van der Waals surface area contributed by atoms with E-state index < -0.39 is 11.7 Å². The number of halogens is 1. The van der Waals surface area contributed by atoms with Crippen molar-refractivity contribution in [3.63, 3.8) is 0 Å². The van der Waals surface area contributed by atoms with Gasteiger partial charge in [0.25, 0.3) is 5.91 Å². The van der Waals surface area contributed by atoms with Crippen molar-refractivity contribution in [3.8, 4) is 5.75 Å². The topological polar surface area (TPSA) is 64.3 Å². The number of anilines is 1. The molecule has 5 heteroatoms. The predicted molar refractivity (Wildman–Crippen MR) is 80.0 cm³/mol. The summed E-state index contributed by atoms with van der Waals surface area (Å²) >= 11 is 0. The van der Waals surface area contributed by atoms with E-state index in [0.29, 0.717) is 12.2 Å². The molecule has 0 aromatic heterocycles. The van der Waals surface area contributed by atoms with Crippen LogP contribution < -0.4 is 15.8 Å². The first-order chi connectivity index (χ1) is 10.1. The van der Waals surface area contributed by atoms with Gasteiger partial charge in [0.2, 0.25) is 0 Å². The maximum Gasteiger partial charge on any atom is 0.262 e. The minimum atomic E-state index is -0.625. The van der Waals surface area contributed by atoms with Crippen LogP contribution >= 0.6 is 0 Å². The number of hydrogen-bond acceptors (Lipinski definition) is 3. The van der Waals surface area contributed by atoms with Gasteiger partial charge in [0.05, 0.1) is 7.11 Å². The SMILES string of the molecule is COc1cccc(F)c1C(=O)Nc1cc(CN)ccc1C. The number of carbonyl (C=O) groups excluding carboxylic acids is 1. The summed E-state index contributed by atoms with van der Waals surface area (Å²) < 4.78 is 18.9. The van der Waals surface area contributed by atoms with E-state index in [9.17, 15) is 9.18 Å². The molecule has 0 bridgehead atoms. The van der Waals surface area contributed by atoms with E-state index in [2.05, 4.69) is 5.32 Å². The van der Waals surface area contributed by atoms with Gasteiger partial charge in [-0.2, -0.15) is 0 Å². The van der Waals surface area contributed by atoms with Gasteiger partial charge >= 0.3 is 0 Å². The lowest BCUT2D eigenvalue weighted by atomic mass is 10.1. The molecular formula is C16H17FN2O2.